The molecule has 5 rings (SSSR count). The second-order valence-electron chi connectivity index (χ2n) is 5.79. The third-order valence-corrected chi connectivity index (χ3v) is 4.24. The topological polar surface area (TPSA) is 105 Å². The van der Waals surface area contributed by atoms with Crippen LogP contribution in [0.1, 0.15) is 10.4 Å². The largest absolute Gasteiger partial charge is 0.454 e. The quantitative estimate of drug-likeness (QED) is 0.528. The molecule has 0 radical (unpaired) electrons. The fraction of sp³-hybridized carbons (Fsp3) is 0.0556. The standard InChI is InChI=1S/C18H13N5O3/c24-18(22-13-3-1-2-12-17(13)20-8-19-12)11-7-21-23-16(11)10-4-5-14-15(6-10)26-9-25-14/h1-8H,9H2,(H,19,20)(H,21,23)(H,22,24). The van der Waals surface area contributed by atoms with Gasteiger partial charge in [-0.2, -0.15) is 5.10 Å². The van der Waals surface area contributed by atoms with Crippen LogP contribution in [0.2, 0.25) is 0 Å². The van der Waals surface area contributed by atoms with Gasteiger partial charge in [0.15, 0.2) is 11.5 Å². The lowest BCUT2D eigenvalue weighted by molar-refractivity contribution is 0.102. The van der Waals surface area contributed by atoms with Crippen molar-refractivity contribution >= 4 is 22.6 Å². The van der Waals surface area contributed by atoms with Gasteiger partial charge in [0.05, 0.1) is 35.0 Å². The van der Waals surface area contributed by atoms with Crippen molar-refractivity contribution in [2.45, 2.75) is 0 Å². The highest BCUT2D eigenvalue weighted by Crippen LogP contribution is 2.36. The van der Waals surface area contributed by atoms with Crippen molar-refractivity contribution in [2.75, 3.05) is 12.1 Å². The number of H-pyrrole nitrogens is 2. The lowest BCUT2D eigenvalue weighted by Crippen LogP contribution is -2.12. The van der Waals surface area contributed by atoms with Crippen molar-refractivity contribution in [3.05, 3.63) is 54.5 Å². The summed E-state index contributed by atoms with van der Waals surface area (Å²) < 4.78 is 10.7. The van der Waals surface area contributed by atoms with E-state index in [9.17, 15) is 4.79 Å². The molecule has 2 aromatic carbocycles. The number of aromatic amines is 2. The SMILES string of the molecule is O=C(Nc1cccc2[nH]cnc12)c1cn[nH]c1-c1ccc2c(c1)OCO2. The Morgan fingerprint density at radius 3 is 3.04 bits per heavy atom. The van der Waals surface area contributed by atoms with Gasteiger partial charge in [0.25, 0.3) is 5.91 Å². The van der Waals surface area contributed by atoms with Crippen LogP contribution < -0.4 is 14.8 Å². The zero-order valence-electron chi connectivity index (χ0n) is 13.4. The molecular formula is C18H13N5O3. The van der Waals surface area contributed by atoms with E-state index < -0.39 is 0 Å². The smallest absolute Gasteiger partial charge is 0.259 e. The van der Waals surface area contributed by atoms with Gasteiger partial charge in [-0.15, -0.1) is 0 Å². The van der Waals surface area contributed by atoms with Gasteiger partial charge in [0, 0.05) is 5.56 Å². The maximum atomic E-state index is 12.8. The molecule has 0 atom stereocenters. The molecule has 8 heteroatoms. The summed E-state index contributed by atoms with van der Waals surface area (Å²) in [7, 11) is 0. The summed E-state index contributed by atoms with van der Waals surface area (Å²) in [6.07, 6.45) is 3.09. The summed E-state index contributed by atoms with van der Waals surface area (Å²) in [5.41, 5.74) is 4.01. The van der Waals surface area contributed by atoms with E-state index in [1.807, 2.05) is 30.3 Å². The first-order valence-corrected chi connectivity index (χ1v) is 7.96. The number of nitrogens with one attached hydrogen (secondary N) is 3. The minimum Gasteiger partial charge on any atom is -0.454 e. The van der Waals surface area contributed by atoms with Gasteiger partial charge in [0.2, 0.25) is 6.79 Å². The maximum Gasteiger partial charge on any atom is 0.259 e. The van der Waals surface area contributed by atoms with E-state index in [1.165, 1.54) is 6.20 Å². The summed E-state index contributed by atoms with van der Waals surface area (Å²) in [6.45, 7) is 0.197. The molecule has 3 heterocycles. The number of imidazole rings is 1. The Kier molecular flexibility index (Phi) is 3.14. The Morgan fingerprint density at radius 2 is 2.08 bits per heavy atom. The van der Waals surface area contributed by atoms with Crippen LogP contribution in [0.4, 0.5) is 5.69 Å². The third kappa shape index (κ3) is 2.27. The predicted octanol–water partition coefficient (Wildman–Crippen LogP) is 2.93. The number of carbonyl (C=O) groups is 1. The fourth-order valence-corrected chi connectivity index (χ4v) is 2.99. The van der Waals surface area contributed by atoms with Crippen LogP contribution in [0.15, 0.2) is 48.9 Å². The van der Waals surface area contributed by atoms with Crippen molar-refractivity contribution in [3.8, 4) is 22.8 Å². The molecule has 0 saturated heterocycles. The molecule has 2 aromatic heterocycles. The Morgan fingerprint density at radius 1 is 1.15 bits per heavy atom. The monoisotopic (exact) mass is 347 g/mol. The Labute approximate surface area is 147 Å². The normalized spacial score (nSPS) is 12.5. The average Bonchev–Trinajstić information content (AvgIpc) is 3.40. The maximum absolute atomic E-state index is 12.8. The molecule has 8 nitrogen and oxygen atoms in total. The highest BCUT2D eigenvalue weighted by Gasteiger charge is 2.20. The van der Waals surface area contributed by atoms with Crippen LogP contribution >= 0.6 is 0 Å². The number of carbonyl (C=O) groups excluding carboxylic acids is 1. The van der Waals surface area contributed by atoms with Crippen molar-refractivity contribution in [1.29, 1.82) is 0 Å². The molecule has 1 aliphatic heterocycles. The molecule has 3 N–H and O–H groups in total. The second kappa shape index (κ2) is 5.62. The first kappa shape index (κ1) is 14.5. The second-order valence-corrected chi connectivity index (χ2v) is 5.79. The van der Waals surface area contributed by atoms with E-state index in [2.05, 4.69) is 25.5 Å². The van der Waals surface area contributed by atoms with Gasteiger partial charge in [-0.05, 0) is 30.3 Å². The van der Waals surface area contributed by atoms with Gasteiger partial charge in [0.1, 0.15) is 5.52 Å². The number of hydrogen-bond acceptors (Lipinski definition) is 5. The van der Waals surface area contributed by atoms with E-state index in [0.717, 1.165) is 11.1 Å². The molecule has 1 aliphatic rings. The van der Waals surface area contributed by atoms with Crippen LogP contribution in [0.3, 0.4) is 0 Å². The van der Waals surface area contributed by atoms with E-state index in [0.29, 0.717) is 34.0 Å². The lowest BCUT2D eigenvalue weighted by Gasteiger charge is -2.07. The number of anilines is 1. The van der Waals surface area contributed by atoms with Crippen LogP contribution in [-0.4, -0.2) is 32.9 Å². The minimum absolute atomic E-state index is 0.197. The van der Waals surface area contributed by atoms with Gasteiger partial charge >= 0.3 is 0 Å². The van der Waals surface area contributed by atoms with E-state index in [-0.39, 0.29) is 12.7 Å². The molecule has 4 aromatic rings. The molecular weight excluding hydrogens is 334 g/mol. The molecule has 0 aliphatic carbocycles. The number of fused-ring (bicyclic) bond motifs is 2. The lowest BCUT2D eigenvalue weighted by atomic mass is 10.1. The van der Waals surface area contributed by atoms with E-state index in [4.69, 9.17) is 9.47 Å². The van der Waals surface area contributed by atoms with Gasteiger partial charge < -0.3 is 19.8 Å². The van der Waals surface area contributed by atoms with Crippen LogP contribution in [0.25, 0.3) is 22.3 Å². The minimum atomic E-state index is -0.276. The highest BCUT2D eigenvalue weighted by atomic mass is 16.7. The number of para-hydroxylation sites is 1. The Balaban J connectivity index is 1.49. The van der Waals surface area contributed by atoms with Gasteiger partial charge in [-0.1, -0.05) is 6.07 Å². The number of benzene rings is 2. The highest BCUT2D eigenvalue weighted by molar-refractivity contribution is 6.10. The van der Waals surface area contributed by atoms with E-state index in [1.54, 1.807) is 12.4 Å². The summed E-state index contributed by atoms with van der Waals surface area (Å²) in [5.74, 6) is 1.05. The van der Waals surface area contributed by atoms with Crippen LogP contribution in [0, 0.1) is 0 Å². The number of hydrogen-bond donors (Lipinski definition) is 3. The summed E-state index contributed by atoms with van der Waals surface area (Å²) >= 11 is 0. The molecule has 0 fully saturated rings. The number of aromatic nitrogens is 4. The van der Waals surface area contributed by atoms with Gasteiger partial charge in [-0.3, -0.25) is 9.89 Å². The average molecular weight is 347 g/mol. The molecule has 1 amide bonds. The van der Waals surface area contributed by atoms with Crippen molar-refractivity contribution in [1.82, 2.24) is 20.2 Å². The fourth-order valence-electron chi connectivity index (χ4n) is 2.99. The zero-order chi connectivity index (χ0) is 17.5. The number of rotatable bonds is 3. The molecule has 26 heavy (non-hydrogen) atoms. The predicted molar refractivity (Wildman–Crippen MR) is 94.2 cm³/mol. The first-order valence-electron chi connectivity index (χ1n) is 7.96. The van der Waals surface area contributed by atoms with Crippen molar-refractivity contribution in [2.24, 2.45) is 0 Å². The number of amides is 1. The Hall–Kier alpha value is -3.81. The van der Waals surface area contributed by atoms with Crippen molar-refractivity contribution < 1.29 is 14.3 Å². The van der Waals surface area contributed by atoms with Crippen molar-refractivity contribution in [3.63, 3.8) is 0 Å². The van der Waals surface area contributed by atoms with E-state index >= 15 is 0 Å². The molecule has 0 spiro atoms. The Bertz CT molecular complexity index is 1130. The zero-order valence-corrected chi connectivity index (χ0v) is 13.4. The van der Waals surface area contributed by atoms with Crippen LogP contribution in [-0.2, 0) is 0 Å². The summed E-state index contributed by atoms with van der Waals surface area (Å²) in [4.78, 5) is 20.1. The first-order chi connectivity index (χ1) is 12.8. The number of ether oxygens (including phenoxy) is 2. The van der Waals surface area contributed by atoms with Gasteiger partial charge in [-0.25, -0.2) is 4.98 Å². The van der Waals surface area contributed by atoms with Crippen LogP contribution in [0.5, 0.6) is 11.5 Å². The molecule has 0 unspecified atom stereocenters. The molecule has 128 valence electrons. The number of nitrogens with zero attached hydrogens (tertiary/aromatic N) is 2. The molecule has 0 saturated carbocycles. The molecule has 0 bridgehead atoms. The summed E-state index contributed by atoms with van der Waals surface area (Å²) in [5, 5.41) is 9.81. The third-order valence-electron chi connectivity index (χ3n) is 4.24. The summed E-state index contributed by atoms with van der Waals surface area (Å²) in [6, 6.07) is 11.0.